The fraction of sp³-hybridized carbons (Fsp3) is 0.833. The molecule has 1 unspecified atom stereocenters. The summed E-state index contributed by atoms with van der Waals surface area (Å²) >= 11 is 0. The Labute approximate surface area is 96.4 Å². The van der Waals surface area contributed by atoms with Gasteiger partial charge in [0.2, 0.25) is 0 Å². The third-order valence-electron chi connectivity index (χ3n) is 3.97. The fourth-order valence-electron chi connectivity index (χ4n) is 3.07. The molecule has 1 saturated carbocycles. The molecule has 1 fully saturated rings. The van der Waals surface area contributed by atoms with Crippen LogP contribution in [0.3, 0.4) is 0 Å². The van der Waals surface area contributed by atoms with E-state index in [4.69, 9.17) is 0 Å². The van der Waals surface area contributed by atoms with Gasteiger partial charge < -0.3 is 9.88 Å². The van der Waals surface area contributed by atoms with Gasteiger partial charge in [-0.25, -0.2) is 0 Å². The Balaban J connectivity index is 1.93. The monoisotopic (exact) mass is 220 g/mol. The molecule has 1 aliphatic heterocycles. The summed E-state index contributed by atoms with van der Waals surface area (Å²) in [5, 5.41) is 12.4. The Kier molecular flexibility index (Phi) is 2.67. The first-order chi connectivity index (χ1) is 7.90. The molecule has 4 nitrogen and oxygen atoms in total. The number of rotatable bonds is 2. The standard InChI is InChI=1S/C12H20N4/c1-2-10-12-15-14-11(9-5-3-4-6-9)16(12)8-7-13-10/h9-10,13H,2-8H2,1H3. The maximum Gasteiger partial charge on any atom is 0.150 e. The van der Waals surface area contributed by atoms with Crippen LogP contribution in [0.1, 0.15) is 62.6 Å². The SMILES string of the molecule is CCC1NCCn2c(C3CCCC3)nnc21. The van der Waals surface area contributed by atoms with Crippen LogP contribution in [-0.2, 0) is 6.54 Å². The van der Waals surface area contributed by atoms with E-state index in [-0.39, 0.29) is 0 Å². The molecule has 0 spiro atoms. The number of nitrogens with one attached hydrogen (secondary N) is 1. The number of nitrogens with zero attached hydrogens (tertiary/aromatic N) is 3. The molecule has 1 aromatic rings. The van der Waals surface area contributed by atoms with Gasteiger partial charge in [0.25, 0.3) is 0 Å². The molecular weight excluding hydrogens is 200 g/mol. The van der Waals surface area contributed by atoms with Crippen molar-refractivity contribution in [2.45, 2.75) is 57.5 Å². The van der Waals surface area contributed by atoms with Crippen LogP contribution in [0, 0.1) is 0 Å². The molecule has 1 N–H and O–H groups in total. The van der Waals surface area contributed by atoms with Crippen LogP contribution in [0.2, 0.25) is 0 Å². The predicted octanol–water partition coefficient (Wildman–Crippen LogP) is 1.99. The second-order valence-electron chi connectivity index (χ2n) is 4.96. The number of aromatic nitrogens is 3. The summed E-state index contributed by atoms with van der Waals surface area (Å²) in [6, 6.07) is 0.413. The first kappa shape index (κ1) is 10.3. The lowest BCUT2D eigenvalue weighted by Gasteiger charge is -2.25. The topological polar surface area (TPSA) is 42.7 Å². The molecule has 1 atom stereocenters. The Morgan fingerprint density at radius 1 is 1.25 bits per heavy atom. The smallest absolute Gasteiger partial charge is 0.150 e. The molecule has 0 radical (unpaired) electrons. The Hall–Kier alpha value is -0.900. The molecule has 0 aromatic carbocycles. The predicted molar refractivity (Wildman–Crippen MR) is 62.3 cm³/mol. The minimum atomic E-state index is 0.413. The molecule has 1 aromatic heterocycles. The molecule has 2 aliphatic rings. The summed E-state index contributed by atoms with van der Waals surface area (Å²) in [4.78, 5) is 0. The van der Waals surface area contributed by atoms with Crippen molar-refractivity contribution in [3.05, 3.63) is 11.6 Å². The lowest BCUT2D eigenvalue weighted by Crippen LogP contribution is -2.34. The van der Waals surface area contributed by atoms with Gasteiger partial charge in [-0.3, -0.25) is 0 Å². The first-order valence-electron chi connectivity index (χ1n) is 6.56. The third-order valence-corrected chi connectivity index (χ3v) is 3.97. The molecule has 88 valence electrons. The highest BCUT2D eigenvalue weighted by Crippen LogP contribution is 2.34. The van der Waals surface area contributed by atoms with Gasteiger partial charge in [-0.1, -0.05) is 19.8 Å². The molecule has 2 heterocycles. The van der Waals surface area contributed by atoms with Crippen LogP contribution < -0.4 is 5.32 Å². The van der Waals surface area contributed by atoms with Gasteiger partial charge in [0.05, 0.1) is 6.04 Å². The van der Waals surface area contributed by atoms with E-state index in [0.29, 0.717) is 12.0 Å². The average molecular weight is 220 g/mol. The van der Waals surface area contributed by atoms with E-state index in [1.807, 2.05) is 0 Å². The number of hydrogen-bond acceptors (Lipinski definition) is 3. The van der Waals surface area contributed by atoms with E-state index in [0.717, 1.165) is 25.3 Å². The summed E-state index contributed by atoms with van der Waals surface area (Å²) in [6.07, 6.45) is 6.44. The van der Waals surface area contributed by atoms with E-state index >= 15 is 0 Å². The number of fused-ring (bicyclic) bond motifs is 1. The largest absolute Gasteiger partial charge is 0.312 e. The van der Waals surface area contributed by atoms with Crippen LogP contribution in [0.15, 0.2) is 0 Å². The second kappa shape index (κ2) is 4.17. The highest BCUT2D eigenvalue weighted by molar-refractivity contribution is 5.09. The van der Waals surface area contributed by atoms with Crippen LogP contribution in [0.4, 0.5) is 0 Å². The zero-order valence-corrected chi connectivity index (χ0v) is 9.95. The van der Waals surface area contributed by atoms with Crippen LogP contribution in [-0.4, -0.2) is 21.3 Å². The van der Waals surface area contributed by atoms with Crippen molar-refractivity contribution < 1.29 is 0 Å². The van der Waals surface area contributed by atoms with Crippen molar-refractivity contribution in [1.29, 1.82) is 0 Å². The van der Waals surface area contributed by atoms with Crippen LogP contribution >= 0.6 is 0 Å². The zero-order valence-electron chi connectivity index (χ0n) is 9.95. The van der Waals surface area contributed by atoms with Gasteiger partial charge in [-0.2, -0.15) is 0 Å². The molecule has 0 bridgehead atoms. The summed E-state index contributed by atoms with van der Waals surface area (Å²) < 4.78 is 2.38. The van der Waals surface area contributed by atoms with E-state index in [2.05, 4.69) is 27.0 Å². The minimum Gasteiger partial charge on any atom is -0.312 e. The van der Waals surface area contributed by atoms with Gasteiger partial charge in [0, 0.05) is 19.0 Å². The number of hydrogen-bond donors (Lipinski definition) is 1. The zero-order chi connectivity index (χ0) is 11.0. The van der Waals surface area contributed by atoms with E-state index < -0.39 is 0 Å². The molecule has 3 rings (SSSR count). The maximum atomic E-state index is 4.45. The Bertz CT molecular complexity index is 365. The lowest BCUT2D eigenvalue weighted by molar-refractivity contribution is 0.395. The molecule has 1 aliphatic carbocycles. The summed E-state index contributed by atoms with van der Waals surface area (Å²) in [5.74, 6) is 3.10. The summed E-state index contributed by atoms with van der Waals surface area (Å²) in [5.41, 5.74) is 0. The third kappa shape index (κ3) is 1.56. The molecule has 0 amide bonds. The fourth-order valence-corrected chi connectivity index (χ4v) is 3.07. The Morgan fingerprint density at radius 3 is 2.75 bits per heavy atom. The molecule has 0 saturated heterocycles. The average Bonchev–Trinajstić information content (AvgIpc) is 2.96. The molecule has 16 heavy (non-hydrogen) atoms. The molecular formula is C12H20N4. The van der Waals surface area contributed by atoms with Gasteiger partial charge in [-0.05, 0) is 19.3 Å². The Morgan fingerprint density at radius 2 is 2.00 bits per heavy atom. The van der Waals surface area contributed by atoms with Crippen LogP contribution in [0.5, 0.6) is 0 Å². The van der Waals surface area contributed by atoms with E-state index in [9.17, 15) is 0 Å². The van der Waals surface area contributed by atoms with Gasteiger partial charge in [0.15, 0.2) is 0 Å². The quantitative estimate of drug-likeness (QED) is 0.829. The van der Waals surface area contributed by atoms with Crippen molar-refractivity contribution in [3.8, 4) is 0 Å². The van der Waals surface area contributed by atoms with Crippen molar-refractivity contribution in [1.82, 2.24) is 20.1 Å². The summed E-state index contributed by atoms with van der Waals surface area (Å²) in [7, 11) is 0. The lowest BCUT2D eigenvalue weighted by atomic mass is 10.1. The van der Waals surface area contributed by atoms with E-state index in [1.165, 1.54) is 31.5 Å². The highest BCUT2D eigenvalue weighted by Gasteiger charge is 2.28. The minimum absolute atomic E-state index is 0.413. The van der Waals surface area contributed by atoms with Gasteiger partial charge >= 0.3 is 0 Å². The second-order valence-corrected chi connectivity index (χ2v) is 4.96. The van der Waals surface area contributed by atoms with Crippen molar-refractivity contribution in [3.63, 3.8) is 0 Å². The molecule has 4 heteroatoms. The normalized spacial score (nSPS) is 25.9. The summed E-state index contributed by atoms with van der Waals surface area (Å²) in [6.45, 7) is 4.31. The van der Waals surface area contributed by atoms with Gasteiger partial charge in [0.1, 0.15) is 11.6 Å². The van der Waals surface area contributed by atoms with Crippen molar-refractivity contribution >= 4 is 0 Å². The van der Waals surface area contributed by atoms with Crippen molar-refractivity contribution in [2.24, 2.45) is 0 Å². The maximum absolute atomic E-state index is 4.45. The highest BCUT2D eigenvalue weighted by atomic mass is 15.3. The first-order valence-corrected chi connectivity index (χ1v) is 6.56. The van der Waals surface area contributed by atoms with Gasteiger partial charge in [-0.15, -0.1) is 10.2 Å². The van der Waals surface area contributed by atoms with Crippen molar-refractivity contribution in [2.75, 3.05) is 6.54 Å². The van der Waals surface area contributed by atoms with E-state index in [1.54, 1.807) is 0 Å². The van der Waals surface area contributed by atoms with Crippen LogP contribution in [0.25, 0.3) is 0 Å².